The predicted octanol–water partition coefficient (Wildman–Crippen LogP) is 2.15. The summed E-state index contributed by atoms with van der Waals surface area (Å²) < 4.78 is 0. The van der Waals surface area contributed by atoms with Crippen LogP contribution in [0.4, 0.5) is 5.69 Å². The van der Waals surface area contributed by atoms with Crippen LogP contribution in [0, 0.1) is 0 Å². The van der Waals surface area contributed by atoms with E-state index in [1.165, 1.54) is 11.3 Å². The number of piperazine rings is 1. The van der Waals surface area contributed by atoms with Gasteiger partial charge in [-0.1, -0.05) is 12.1 Å². The highest BCUT2D eigenvalue weighted by molar-refractivity contribution is 5.52. The van der Waals surface area contributed by atoms with Gasteiger partial charge in [0.1, 0.15) is 0 Å². The Morgan fingerprint density at radius 3 is 2.55 bits per heavy atom. The quantitative estimate of drug-likeness (QED) is 0.624. The van der Waals surface area contributed by atoms with Gasteiger partial charge in [0.25, 0.3) is 0 Å². The van der Waals surface area contributed by atoms with Gasteiger partial charge < -0.3 is 9.80 Å². The lowest BCUT2D eigenvalue weighted by Gasteiger charge is -2.38. The number of benzene rings is 1. The molecule has 2 fully saturated rings. The molecule has 1 saturated carbocycles. The molecule has 1 aromatic rings. The minimum absolute atomic E-state index is 0.287. The first-order valence-electron chi connectivity index (χ1n) is 7.37. The first kappa shape index (κ1) is 13.3. The molecule has 4 heteroatoms. The van der Waals surface area contributed by atoms with Gasteiger partial charge in [0.15, 0.2) is 0 Å². The van der Waals surface area contributed by atoms with Crippen LogP contribution in [0.3, 0.4) is 0 Å². The number of hydrogen-bond acceptors (Lipinski definition) is 4. The highest BCUT2D eigenvalue weighted by atomic mass is 16.1. The van der Waals surface area contributed by atoms with Gasteiger partial charge in [-0.15, -0.1) is 0 Å². The molecule has 0 unspecified atom stereocenters. The smallest absolute Gasteiger partial charge is 0.235 e. The van der Waals surface area contributed by atoms with E-state index in [0.717, 1.165) is 45.4 Å². The second-order valence-electron chi connectivity index (χ2n) is 5.93. The molecule has 2 aliphatic rings. The number of likely N-dealkylation sites (N-methyl/N-ethyl adjacent to an activating group) is 1. The summed E-state index contributed by atoms with van der Waals surface area (Å²) in [7, 11) is 2.16. The number of nitrogens with zero attached hydrogens (tertiary/aromatic N) is 3. The zero-order valence-corrected chi connectivity index (χ0v) is 12.0. The average Bonchev–Trinajstić information content (AvgIpc) is 2.44. The van der Waals surface area contributed by atoms with E-state index in [2.05, 4.69) is 46.1 Å². The van der Waals surface area contributed by atoms with Crippen LogP contribution in [0.1, 0.15) is 24.8 Å². The van der Waals surface area contributed by atoms with Crippen molar-refractivity contribution in [2.24, 2.45) is 4.99 Å². The van der Waals surface area contributed by atoms with Crippen LogP contribution >= 0.6 is 0 Å². The van der Waals surface area contributed by atoms with E-state index >= 15 is 0 Å². The molecule has 0 spiro atoms. The summed E-state index contributed by atoms with van der Waals surface area (Å²) in [5.41, 5.74) is 2.14. The standard InChI is InChI=1S/C16H21N3O/c1-18-8-10-19(11-9-18)15-5-2-4-14(12-15)16(17-13-20)6-3-7-16/h2,4-5,12H,3,6-11H2,1H3. The van der Waals surface area contributed by atoms with Crippen LogP contribution in [0.15, 0.2) is 29.3 Å². The van der Waals surface area contributed by atoms with Gasteiger partial charge in [-0.3, -0.25) is 0 Å². The summed E-state index contributed by atoms with van der Waals surface area (Å²) in [6, 6.07) is 8.56. The van der Waals surface area contributed by atoms with E-state index in [9.17, 15) is 4.79 Å². The molecule has 1 aromatic carbocycles. The lowest BCUT2D eigenvalue weighted by atomic mass is 9.72. The molecular weight excluding hydrogens is 250 g/mol. The van der Waals surface area contributed by atoms with Crippen molar-refractivity contribution < 1.29 is 4.79 Å². The zero-order chi connectivity index (χ0) is 14.0. The van der Waals surface area contributed by atoms with E-state index in [1.807, 2.05) is 0 Å². The van der Waals surface area contributed by atoms with Gasteiger partial charge in [0.05, 0.1) is 5.54 Å². The third-order valence-electron chi connectivity index (χ3n) is 4.69. The van der Waals surface area contributed by atoms with Crippen molar-refractivity contribution in [3.05, 3.63) is 29.8 Å². The Kier molecular flexibility index (Phi) is 3.60. The highest BCUT2D eigenvalue weighted by Gasteiger charge is 2.39. The normalized spacial score (nSPS) is 21.9. The number of isocyanates is 1. The highest BCUT2D eigenvalue weighted by Crippen LogP contribution is 2.45. The van der Waals surface area contributed by atoms with E-state index in [4.69, 9.17) is 0 Å². The summed E-state index contributed by atoms with van der Waals surface area (Å²) in [6.07, 6.45) is 4.84. The molecule has 1 aliphatic carbocycles. The fraction of sp³-hybridized carbons (Fsp3) is 0.562. The number of anilines is 1. The van der Waals surface area contributed by atoms with Crippen molar-refractivity contribution >= 4 is 11.8 Å². The summed E-state index contributed by atoms with van der Waals surface area (Å²) in [6.45, 7) is 4.32. The lowest BCUT2D eigenvalue weighted by Crippen LogP contribution is -2.44. The SMILES string of the molecule is CN1CCN(c2cccc(C3(N=C=O)CCC3)c2)CC1. The van der Waals surface area contributed by atoms with Gasteiger partial charge in [0, 0.05) is 31.9 Å². The minimum Gasteiger partial charge on any atom is -0.369 e. The predicted molar refractivity (Wildman–Crippen MR) is 79.8 cm³/mol. The van der Waals surface area contributed by atoms with Crippen molar-refractivity contribution in [3.8, 4) is 0 Å². The molecule has 0 radical (unpaired) electrons. The summed E-state index contributed by atoms with van der Waals surface area (Å²) in [5.74, 6) is 0. The largest absolute Gasteiger partial charge is 0.369 e. The molecule has 0 amide bonds. The van der Waals surface area contributed by atoms with E-state index in [-0.39, 0.29) is 5.54 Å². The van der Waals surface area contributed by atoms with Gasteiger partial charge in [0.2, 0.25) is 6.08 Å². The molecule has 1 saturated heterocycles. The van der Waals surface area contributed by atoms with Crippen LogP contribution in [0.2, 0.25) is 0 Å². The van der Waals surface area contributed by atoms with Crippen LogP contribution in [-0.4, -0.2) is 44.2 Å². The molecule has 0 N–H and O–H groups in total. The second-order valence-corrected chi connectivity index (χ2v) is 5.93. The molecule has 106 valence electrons. The van der Waals surface area contributed by atoms with Crippen molar-refractivity contribution in [2.45, 2.75) is 24.8 Å². The van der Waals surface area contributed by atoms with Crippen molar-refractivity contribution in [1.29, 1.82) is 0 Å². The molecule has 3 rings (SSSR count). The molecule has 20 heavy (non-hydrogen) atoms. The summed E-state index contributed by atoms with van der Waals surface area (Å²) >= 11 is 0. The topological polar surface area (TPSA) is 35.9 Å². The third-order valence-corrected chi connectivity index (χ3v) is 4.69. The molecule has 1 heterocycles. The third kappa shape index (κ3) is 2.37. The van der Waals surface area contributed by atoms with Crippen LogP contribution < -0.4 is 4.90 Å². The Bertz CT molecular complexity index is 524. The van der Waals surface area contributed by atoms with Crippen LogP contribution in [0.5, 0.6) is 0 Å². The molecule has 0 aromatic heterocycles. The average molecular weight is 271 g/mol. The first-order chi connectivity index (χ1) is 9.73. The van der Waals surface area contributed by atoms with Gasteiger partial charge in [-0.2, -0.15) is 4.99 Å². The maximum atomic E-state index is 10.7. The van der Waals surface area contributed by atoms with E-state index < -0.39 is 0 Å². The van der Waals surface area contributed by atoms with Gasteiger partial charge in [-0.25, -0.2) is 4.79 Å². The number of aliphatic imine (C=N–C) groups is 1. The molecular formula is C16H21N3O. The summed E-state index contributed by atoms with van der Waals surface area (Å²) in [5, 5.41) is 0. The Balaban J connectivity index is 1.84. The van der Waals surface area contributed by atoms with Crippen molar-refractivity contribution in [2.75, 3.05) is 38.1 Å². The number of rotatable bonds is 3. The molecule has 4 nitrogen and oxygen atoms in total. The van der Waals surface area contributed by atoms with Gasteiger partial charge >= 0.3 is 0 Å². The number of hydrogen-bond donors (Lipinski definition) is 0. The Morgan fingerprint density at radius 1 is 1.20 bits per heavy atom. The fourth-order valence-electron chi connectivity index (χ4n) is 3.12. The monoisotopic (exact) mass is 271 g/mol. The van der Waals surface area contributed by atoms with Crippen LogP contribution in [0.25, 0.3) is 0 Å². The fourth-order valence-corrected chi connectivity index (χ4v) is 3.12. The Labute approximate surface area is 120 Å². The zero-order valence-electron chi connectivity index (χ0n) is 12.0. The van der Waals surface area contributed by atoms with Crippen LogP contribution in [-0.2, 0) is 10.3 Å². The van der Waals surface area contributed by atoms with E-state index in [1.54, 1.807) is 6.08 Å². The second kappa shape index (κ2) is 5.39. The maximum Gasteiger partial charge on any atom is 0.235 e. The van der Waals surface area contributed by atoms with E-state index in [0.29, 0.717) is 0 Å². The Morgan fingerprint density at radius 2 is 1.95 bits per heavy atom. The maximum absolute atomic E-state index is 10.7. The first-order valence-corrected chi connectivity index (χ1v) is 7.37. The molecule has 0 atom stereocenters. The number of carbonyl (C=O) groups excluding carboxylic acids is 1. The molecule has 0 bridgehead atoms. The molecule has 1 aliphatic heterocycles. The Hall–Kier alpha value is -1.64. The van der Waals surface area contributed by atoms with Crippen molar-refractivity contribution in [1.82, 2.24) is 4.90 Å². The summed E-state index contributed by atoms with van der Waals surface area (Å²) in [4.78, 5) is 19.6. The minimum atomic E-state index is -0.287. The van der Waals surface area contributed by atoms with Gasteiger partial charge in [-0.05, 0) is 44.0 Å². The van der Waals surface area contributed by atoms with Crippen molar-refractivity contribution in [3.63, 3.8) is 0 Å². The lowest BCUT2D eigenvalue weighted by molar-refractivity contribution is 0.256.